The van der Waals surface area contributed by atoms with E-state index in [0.29, 0.717) is 6.04 Å². The van der Waals surface area contributed by atoms with Crippen LogP contribution in [0.5, 0.6) is 0 Å². The van der Waals surface area contributed by atoms with E-state index in [2.05, 4.69) is 53.3 Å². The predicted octanol–water partition coefficient (Wildman–Crippen LogP) is 4.24. The fraction of sp³-hybridized carbons (Fsp3) is 0.333. The molecule has 0 bridgehead atoms. The Kier molecular flexibility index (Phi) is 4.61. The lowest BCUT2D eigenvalue weighted by molar-refractivity contribution is 0.454. The molecule has 0 amide bonds. The van der Waals surface area contributed by atoms with Crippen LogP contribution in [0.15, 0.2) is 45.5 Å². The van der Waals surface area contributed by atoms with Crippen molar-refractivity contribution in [3.63, 3.8) is 0 Å². The van der Waals surface area contributed by atoms with Gasteiger partial charge in [0.15, 0.2) is 0 Å². The molecule has 1 aromatic carbocycles. The summed E-state index contributed by atoms with van der Waals surface area (Å²) in [5.41, 5.74) is 2.62. The second-order valence-electron chi connectivity index (χ2n) is 4.39. The molecule has 0 fully saturated rings. The highest BCUT2D eigenvalue weighted by Gasteiger charge is 2.14. The molecule has 18 heavy (non-hydrogen) atoms. The van der Waals surface area contributed by atoms with Gasteiger partial charge in [0.05, 0.1) is 6.26 Å². The van der Waals surface area contributed by atoms with Gasteiger partial charge >= 0.3 is 0 Å². The third-order valence-corrected chi connectivity index (χ3v) is 3.54. The van der Waals surface area contributed by atoms with Crippen molar-refractivity contribution in [2.24, 2.45) is 0 Å². The van der Waals surface area contributed by atoms with E-state index in [1.54, 1.807) is 6.26 Å². The molecule has 96 valence electrons. The standard InChI is InChI=1S/C15H18BrNO/c1-3-17-15(10-13-5-4-8-18-13)14-7-6-12(16)9-11(14)2/h4-9,15,17H,3,10H2,1-2H3. The van der Waals surface area contributed by atoms with Gasteiger partial charge in [-0.2, -0.15) is 0 Å². The van der Waals surface area contributed by atoms with Crippen molar-refractivity contribution in [2.45, 2.75) is 26.3 Å². The SMILES string of the molecule is CCNC(Cc1ccco1)c1ccc(Br)cc1C. The second-order valence-corrected chi connectivity index (χ2v) is 5.31. The Balaban J connectivity index is 2.23. The molecular weight excluding hydrogens is 290 g/mol. The summed E-state index contributed by atoms with van der Waals surface area (Å²) in [6.07, 6.45) is 2.61. The van der Waals surface area contributed by atoms with E-state index in [1.165, 1.54) is 11.1 Å². The number of hydrogen-bond acceptors (Lipinski definition) is 2. The summed E-state index contributed by atoms with van der Waals surface area (Å²) in [5, 5.41) is 3.52. The van der Waals surface area contributed by atoms with Crippen molar-refractivity contribution in [3.8, 4) is 0 Å². The first kappa shape index (κ1) is 13.4. The van der Waals surface area contributed by atoms with Crippen molar-refractivity contribution >= 4 is 15.9 Å². The van der Waals surface area contributed by atoms with Crippen LogP contribution in [0.2, 0.25) is 0 Å². The molecular formula is C15H18BrNO. The van der Waals surface area contributed by atoms with Gasteiger partial charge in [0.25, 0.3) is 0 Å². The normalized spacial score (nSPS) is 12.6. The lowest BCUT2D eigenvalue weighted by Gasteiger charge is -2.19. The predicted molar refractivity (Wildman–Crippen MR) is 77.7 cm³/mol. The third kappa shape index (κ3) is 3.24. The van der Waals surface area contributed by atoms with Crippen LogP contribution in [0.4, 0.5) is 0 Å². The van der Waals surface area contributed by atoms with E-state index in [-0.39, 0.29) is 0 Å². The quantitative estimate of drug-likeness (QED) is 0.893. The Bertz CT molecular complexity index is 493. The number of nitrogens with one attached hydrogen (secondary N) is 1. The van der Waals surface area contributed by atoms with Crippen molar-refractivity contribution in [2.75, 3.05) is 6.54 Å². The van der Waals surface area contributed by atoms with E-state index >= 15 is 0 Å². The average Bonchev–Trinajstić information content (AvgIpc) is 2.81. The Labute approximate surface area is 117 Å². The Hall–Kier alpha value is -1.06. The van der Waals surface area contributed by atoms with Crippen LogP contribution < -0.4 is 5.32 Å². The minimum absolute atomic E-state index is 0.300. The zero-order chi connectivity index (χ0) is 13.0. The van der Waals surface area contributed by atoms with Gasteiger partial charge in [0, 0.05) is 16.9 Å². The minimum atomic E-state index is 0.300. The van der Waals surface area contributed by atoms with Crippen LogP contribution in [-0.4, -0.2) is 6.54 Å². The largest absolute Gasteiger partial charge is 0.469 e. The van der Waals surface area contributed by atoms with E-state index < -0.39 is 0 Å². The van der Waals surface area contributed by atoms with E-state index in [4.69, 9.17) is 4.42 Å². The number of furan rings is 1. The Morgan fingerprint density at radius 1 is 1.33 bits per heavy atom. The summed E-state index contributed by atoms with van der Waals surface area (Å²) in [6, 6.07) is 10.7. The number of aryl methyl sites for hydroxylation is 1. The second kappa shape index (κ2) is 6.21. The van der Waals surface area contributed by atoms with Crippen LogP contribution in [0.25, 0.3) is 0 Å². The van der Waals surface area contributed by atoms with Gasteiger partial charge in [-0.05, 0) is 48.9 Å². The number of rotatable bonds is 5. The summed E-state index contributed by atoms with van der Waals surface area (Å²) in [5.74, 6) is 1.02. The molecule has 0 aliphatic heterocycles. The Morgan fingerprint density at radius 2 is 2.17 bits per heavy atom. The molecule has 1 N–H and O–H groups in total. The first-order valence-corrected chi connectivity index (χ1v) is 7.01. The molecule has 2 aromatic rings. The summed E-state index contributed by atoms with van der Waals surface area (Å²) >= 11 is 3.51. The molecule has 1 atom stereocenters. The number of halogens is 1. The van der Waals surface area contributed by atoms with Gasteiger partial charge in [-0.1, -0.05) is 28.9 Å². The topological polar surface area (TPSA) is 25.2 Å². The lowest BCUT2D eigenvalue weighted by Crippen LogP contribution is -2.23. The van der Waals surface area contributed by atoms with Gasteiger partial charge in [-0.25, -0.2) is 0 Å². The molecule has 0 aliphatic rings. The fourth-order valence-corrected chi connectivity index (χ4v) is 2.67. The van der Waals surface area contributed by atoms with Crippen LogP contribution in [0.1, 0.15) is 29.9 Å². The monoisotopic (exact) mass is 307 g/mol. The summed E-state index contributed by atoms with van der Waals surface area (Å²) in [6.45, 7) is 5.22. The molecule has 3 heteroatoms. The van der Waals surface area contributed by atoms with E-state index in [0.717, 1.165) is 23.2 Å². The maximum Gasteiger partial charge on any atom is 0.105 e. The van der Waals surface area contributed by atoms with Crippen LogP contribution >= 0.6 is 15.9 Å². The summed E-state index contributed by atoms with van der Waals surface area (Å²) in [4.78, 5) is 0. The third-order valence-electron chi connectivity index (χ3n) is 3.04. The molecule has 0 saturated heterocycles. The number of benzene rings is 1. The van der Waals surface area contributed by atoms with Crippen LogP contribution in [0.3, 0.4) is 0 Å². The van der Waals surface area contributed by atoms with Gasteiger partial charge in [-0.3, -0.25) is 0 Å². The Morgan fingerprint density at radius 3 is 2.78 bits per heavy atom. The van der Waals surface area contributed by atoms with Gasteiger partial charge < -0.3 is 9.73 Å². The van der Waals surface area contributed by atoms with Gasteiger partial charge in [0.2, 0.25) is 0 Å². The highest BCUT2D eigenvalue weighted by molar-refractivity contribution is 9.10. The van der Waals surface area contributed by atoms with E-state index in [1.807, 2.05) is 12.1 Å². The van der Waals surface area contributed by atoms with Gasteiger partial charge in [-0.15, -0.1) is 0 Å². The maximum atomic E-state index is 5.45. The van der Waals surface area contributed by atoms with Gasteiger partial charge in [0.1, 0.15) is 5.76 Å². The van der Waals surface area contributed by atoms with Crippen molar-refractivity contribution in [3.05, 3.63) is 58.0 Å². The molecule has 0 aliphatic carbocycles. The smallest absolute Gasteiger partial charge is 0.105 e. The maximum absolute atomic E-state index is 5.45. The molecule has 2 rings (SSSR count). The van der Waals surface area contributed by atoms with Crippen LogP contribution in [0, 0.1) is 6.92 Å². The lowest BCUT2D eigenvalue weighted by atomic mass is 9.98. The zero-order valence-corrected chi connectivity index (χ0v) is 12.3. The average molecular weight is 308 g/mol. The number of hydrogen-bond donors (Lipinski definition) is 1. The molecule has 0 spiro atoms. The van der Waals surface area contributed by atoms with Crippen molar-refractivity contribution in [1.29, 1.82) is 0 Å². The fourth-order valence-electron chi connectivity index (χ4n) is 2.20. The molecule has 1 heterocycles. The molecule has 1 unspecified atom stereocenters. The number of likely N-dealkylation sites (N-methyl/N-ethyl adjacent to an activating group) is 1. The zero-order valence-electron chi connectivity index (χ0n) is 10.7. The van der Waals surface area contributed by atoms with Crippen LogP contribution in [-0.2, 0) is 6.42 Å². The molecule has 0 radical (unpaired) electrons. The first-order chi connectivity index (χ1) is 8.70. The van der Waals surface area contributed by atoms with Crippen molar-refractivity contribution in [1.82, 2.24) is 5.32 Å². The highest BCUT2D eigenvalue weighted by Crippen LogP contribution is 2.24. The first-order valence-electron chi connectivity index (χ1n) is 6.22. The highest BCUT2D eigenvalue weighted by atomic mass is 79.9. The molecule has 0 saturated carbocycles. The van der Waals surface area contributed by atoms with E-state index in [9.17, 15) is 0 Å². The molecule has 2 nitrogen and oxygen atoms in total. The van der Waals surface area contributed by atoms with Crippen molar-refractivity contribution < 1.29 is 4.42 Å². The molecule has 1 aromatic heterocycles. The summed E-state index contributed by atoms with van der Waals surface area (Å²) < 4.78 is 6.57. The summed E-state index contributed by atoms with van der Waals surface area (Å²) in [7, 11) is 0. The minimum Gasteiger partial charge on any atom is -0.469 e.